The lowest BCUT2D eigenvalue weighted by Gasteiger charge is -2.35. The van der Waals surface area contributed by atoms with Crippen molar-refractivity contribution in [1.29, 1.82) is 0 Å². The summed E-state index contributed by atoms with van der Waals surface area (Å²) < 4.78 is 11.0. The van der Waals surface area contributed by atoms with Crippen molar-refractivity contribution in [3.8, 4) is 11.1 Å². The topological polar surface area (TPSA) is 100 Å². The molecule has 1 aliphatic heterocycles. The number of methoxy groups -OCH3 is 1. The number of likely N-dealkylation sites (tertiary alicyclic amines) is 1. The number of carbonyl (C=O) groups is 2. The van der Waals surface area contributed by atoms with Crippen molar-refractivity contribution in [2.75, 3.05) is 38.8 Å². The third-order valence-corrected chi connectivity index (χ3v) is 6.32. The largest absolute Gasteiger partial charge is 0.483 e. The average molecular weight is 481 g/mol. The minimum atomic E-state index is -0.443. The fourth-order valence-corrected chi connectivity index (χ4v) is 4.48. The number of anilines is 1. The maximum Gasteiger partial charge on any atom is 0.336 e. The first-order chi connectivity index (χ1) is 16.9. The van der Waals surface area contributed by atoms with E-state index in [1.165, 1.54) is 6.42 Å². The first kappa shape index (κ1) is 26.0. The molecule has 1 atom stereocenters. The van der Waals surface area contributed by atoms with Crippen LogP contribution in [0.1, 0.15) is 24.8 Å². The van der Waals surface area contributed by atoms with Gasteiger partial charge in [0.2, 0.25) is 5.91 Å². The van der Waals surface area contributed by atoms with Crippen molar-refractivity contribution in [2.24, 2.45) is 0 Å². The Morgan fingerprint density at radius 3 is 2.49 bits per heavy atom. The number of hydrogen-bond donors (Lipinski definition) is 1. The van der Waals surface area contributed by atoms with Crippen molar-refractivity contribution in [3.63, 3.8) is 0 Å². The van der Waals surface area contributed by atoms with Gasteiger partial charge in [0, 0.05) is 56.0 Å². The Balaban J connectivity index is 0.00000108. The molecule has 2 heterocycles. The molecule has 1 fully saturated rings. The summed E-state index contributed by atoms with van der Waals surface area (Å²) in [6, 6.07) is 14.8. The molecule has 0 saturated carbocycles. The summed E-state index contributed by atoms with van der Waals surface area (Å²) in [5.74, 6) is 0.0734. The van der Waals surface area contributed by atoms with E-state index in [0.717, 1.165) is 53.7 Å². The van der Waals surface area contributed by atoms with Crippen molar-refractivity contribution >= 4 is 29.0 Å². The third-order valence-electron chi connectivity index (χ3n) is 6.32. The van der Waals surface area contributed by atoms with E-state index in [1.54, 1.807) is 13.2 Å². The average Bonchev–Trinajstić information content (AvgIpc) is 2.87. The molecule has 8 nitrogen and oxygen atoms in total. The van der Waals surface area contributed by atoms with E-state index in [9.17, 15) is 9.59 Å². The van der Waals surface area contributed by atoms with Crippen molar-refractivity contribution in [3.05, 3.63) is 64.5 Å². The van der Waals surface area contributed by atoms with Gasteiger partial charge in [-0.3, -0.25) is 9.59 Å². The molecule has 4 rings (SSSR count). The summed E-state index contributed by atoms with van der Waals surface area (Å²) in [5, 5.41) is 7.75. The number of fused-ring (bicyclic) bond motifs is 1. The molecule has 1 aromatic heterocycles. The van der Waals surface area contributed by atoms with E-state index in [0.29, 0.717) is 5.58 Å². The second kappa shape index (κ2) is 12.2. The lowest BCUT2D eigenvalue weighted by Crippen LogP contribution is -2.51. The summed E-state index contributed by atoms with van der Waals surface area (Å²) >= 11 is 0. The second-order valence-electron chi connectivity index (χ2n) is 8.55. The van der Waals surface area contributed by atoms with Crippen LogP contribution >= 0.6 is 0 Å². The predicted molar refractivity (Wildman–Crippen MR) is 136 cm³/mol. The van der Waals surface area contributed by atoms with E-state index in [4.69, 9.17) is 19.1 Å². The van der Waals surface area contributed by atoms with Crippen molar-refractivity contribution in [1.82, 2.24) is 4.90 Å². The van der Waals surface area contributed by atoms with Gasteiger partial charge in [0.05, 0.1) is 6.61 Å². The molecule has 1 unspecified atom stereocenters. The SMILES string of the molecule is COCC(C(=O)N1CCCCC1)N(C)c1ccc2c(-c3ccccc3C)cc(=O)oc2c1.O=CO. The fraction of sp³-hybridized carbons (Fsp3) is 0.370. The van der Waals surface area contributed by atoms with Gasteiger partial charge in [0.1, 0.15) is 11.6 Å². The highest BCUT2D eigenvalue weighted by Crippen LogP contribution is 2.32. The molecule has 0 bridgehead atoms. The Morgan fingerprint density at radius 2 is 1.83 bits per heavy atom. The number of hydrogen-bond acceptors (Lipinski definition) is 6. The third kappa shape index (κ3) is 6.08. The minimum absolute atomic E-state index is 0.0734. The zero-order chi connectivity index (χ0) is 25.4. The fourth-order valence-electron chi connectivity index (χ4n) is 4.48. The van der Waals surface area contributed by atoms with Crippen LogP contribution in [0.5, 0.6) is 0 Å². The molecule has 3 aromatic rings. The molecule has 1 amide bonds. The zero-order valence-corrected chi connectivity index (χ0v) is 20.4. The standard InChI is InChI=1S/C26H30N2O4.CH2O2/c1-18-9-5-6-10-20(18)22-16-25(29)32-24-15-19(11-12-21(22)24)27(2)23(17-31-3)26(30)28-13-7-4-8-14-28;2-1-3/h5-6,9-12,15-16,23H,4,7-8,13-14,17H2,1-3H3;1H,(H,2,3). The predicted octanol–water partition coefficient (Wildman–Crippen LogP) is 3.93. The zero-order valence-electron chi connectivity index (χ0n) is 20.4. The summed E-state index contributed by atoms with van der Waals surface area (Å²) in [4.78, 5) is 37.8. The van der Waals surface area contributed by atoms with E-state index < -0.39 is 11.7 Å². The van der Waals surface area contributed by atoms with Crippen LogP contribution in [0.25, 0.3) is 22.1 Å². The Morgan fingerprint density at radius 1 is 1.14 bits per heavy atom. The summed E-state index contributed by atoms with van der Waals surface area (Å²) in [7, 11) is 3.49. The van der Waals surface area contributed by atoms with Gasteiger partial charge >= 0.3 is 5.63 Å². The molecule has 0 aliphatic carbocycles. The van der Waals surface area contributed by atoms with Crippen LogP contribution in [0, 0.1) is 6.92 Å². The molecule has 0 radical (unpaired) electrons. The Hall–Kier alpha value is -3.65. The van der Waals surface area contributed by atoms with Gasteiger partial charge in [-0.1, -0.05) is 24.3 Å². The van der Waals surface area contributed by atoms with Gasteiger partial charge in [-0.05, 0) is 49.4 Å². The molecule has 2 aromatic carbocycles. The van der Waals surface area contributed by atoms with Crippen LogP contribution < -0.4 is 10.5 Å². The van der Waals surface area contributed by atoms with Crippen LogP contribution in [0.4, 0.5) is 5.69 Å². The lowest BCUT2D eigenvalue weighted by molar-refractivity contribution is -0.134. The highest BCUT2D eigenvalue weighted by atomic mass is 16.5. The molecule has 0 spiro atoms. The Bertz CT molecular complexity index is 1220. The van der Waals surface area contributed by atoms with E-state index >= 15 is 0 Å². The maximum absolute atomic E-state index is 13.2. The Labute approximate surface area is 204 Å². The van der Waals surface area contributed by atoms with E-state index in [1.807, 2.05) is 66.2 Å². The maximum atomic E-state index is 13.2. The minimum Gasteiger partial charge on any atom is -0.483 e. The van der Waals surface area contributed by atoms with Crippen LogP contribution in [-0.2, 0) is 14.3 Å². The normalized spacial score (nSPS) is 14.1. The number of amides is 1. The van der Waals surface area contributed by atoms with Crippen LogP contribution in [0.3, 0.4) is 0 Å². The molecular weight excluding hydrogens is 448 g/mol. The van der Waals surface area contributed by atoms with Gasteiger partial charge < -0.3 is 24.1 Å². The van der Waals surface area contributed by atoms with Gasteiger partial charge in [-0.25, -0.2) is 4.79 Å². The molecule has 1 N–H and O–H groups in total. The van der Waals surface area contributed by atoms with Crippen LogP contribution in [-0.4, -0.2) is 62.3 Å². The number of aryl methyl sites for hydroxylation is 1. The van der Waals surface area contributed by atoms with Crippen LogP contribution in [0.15, 0.2) is 57.7 Å². The lowest BCUT2D eigenvalue weighted by atomic mass is 9.97. The number of carbonyl (C=O) groups excluding carboxylic acids is 1. The number of nitrogens with zero attached hydrogens (tertiary/aromatic N) is 2. The number of rotatable bonds is 6. The highest BCUT2D eigenvalue weighted by molar-refractivity contribution is 5.96. The number of ether oxygens (including phenoxy) is 1. The number of likely N-dealkylation sites (N-methyl/N-ethyl adjacent to an activating group) is 1. The number of piperidine rings is 1. The molecule has 8 heteroatoms. The van der Waals surface area contributed by atoms with E-state index in [2.05, 4.69) is 0 Å². The van der Waals surface area contributed by atoms with Gasteiger partial charge in [0.15, 0.2) is 0 Å². The van der Waals surface area contributed by atoms with Gasteiger partial charge in [-0.2, -0.15) is 0 Å². The molecule has 186 valence electrons. The number of carboxylic acid groups (broad SMARTS) is 1. The van der Waals surface area contributed by atoms with Crippen molar-refractivity contribution in [2.45, 2.75) is 32.2 Å². The highest BCUT2D eigenvalue weighted by Gasteiger charge is 2.29. The summed E-state index contributed by atoms with van der Waals surface area (Å²) in [5.41, 5.74) is 3.85. The summed E-state index contributed by atoms with van der Waals surface area (Å²) in [6.45, 7) is 3.65. The molecular formula is C27H32N2O6. The van der Waals surface area contributed by atoms with Crippen LogP contribution in [0.2, 0.25) is 0 Å². The Kier molecular flexibility index (Phi) is 9.03. The first-order valence-electron chi connectivity index (χ1n) is 11.6. The van der Waals surface area contributed by atoms with E-state index in [-0.39, 0.29) is 19.0 Å². The van der Waals surface area contributed by atoms with Gasteiger partial charge in [0.25, 0.3) is 6.47 Å². The quantitative estimate of drug-likeness (QED) is 0.421. The monoisotopic (exact) mass is 480 g/mol. The molecule has 35 heavy (non-hydrogen) atoms. The summed E-state index contributed by atoms with van der Waals surface area (Å²) in [6.07, 6.45) is 3.25. The number of benzene rings is 2. The van der Waals surface area contributed by atoms with Crippen molar-refractivity contribution < 1.29 is 23.8 Å². The molecule has 1 aliphatic rings. The first-order valence-corrected chi connectivity index (χ1v) is 11.6. The van der Waals surface area contributed by atoms with Gasteiger partial charge in [-0.15, -0.1) is 0 Å². The molecule has 1 saturated heterocycles. The second-order valence-corrected chi connectivity index (χ2v) is 8.55. The smallest absolute Gasteiger partial charge is 0.336 e.